The molecular weight excluding hydrogens is 358 g/mol. The lowest BCUT2D eigenvalue weighted by atomic mass is 9.99. The number of nitrogens with zero attached hydrogens (tertiary/aromatic N) is 2. The number of carbonyl (C=O) groups is 1. The number of rotatable bonds is 4. The van der Waals surface area contributed by atoms with E-state index in [0.717, 1.165) is 27.5 Å². The maximum Gasteiger partial charge on any atom is 0.251 e. The Morgan fingerprint density at radius 2 is 1.81 bits per heavy atom. The number of halogens is 1. The molecule has 2 aromatic carbocycles. The lowest BCUT2D eigenvalue weighted by Gasteiger charge is -2.09. The van der Waals surface area contributed by atoms with E-state index in [0.29, 0.717) is 17.1 Å². The molecule has 132 valence electrons. The van der Waals surface area contributed by atoms with Crippen molar-refractivity contribution in [2.75, 3.05) is 0 Å². The van der Waals surface area contributed by atoms with E-state index in [-0.39, 0.29) is 5.91 Å². The van der Waals surface area contributed by atoms with Gasteiger partial charge in [-0.25, -0.2) is 0 Å². The zero-order valence-corrected chi connectivity index (χ0v) is 15.1. The van der Waals surface area contributed by atoms with Crippen molar-refractivity contribution in [2.45, 2.75) is 6.54 Å². The molecule has 2 aromatic heterocycles. The fraction of sp³-hybridized carbons (Fsp3) is 0.0455. The van der Waals surface area contributed by atoms with Crippen molar-refractivity contribution >= 4 is 28.3 Å². The topological polar surface area (TPSA) is 54.9 Å². The van der Waals surface area contributed by atoms with Crippen molar-refractivity contribution in [1.29, 1.82) is 0 Å². The molecule has 27 heavy (non-hydrogen) atoms. The summed E-state index contributed by atoms with van der Waals surface area (Å²) in [5.74, 6) is -0.125. The number of carbonyl (C=O) groups excluding carboxylic acids is 1. The Hall–Kier alpha value is -3.24. The molecule has 0 atom stereocenters. The van der Waals surface area contributed by atoms with Gasteiger partial charge in [0.15, 0.2) is 0 Å². The number of pyridine rings is 2. The number of hydrogen-bond acceptors (Lipinski definition) is 3. The number of aromatic nitrogens is 2. The van der Waals surface area contributed by atoms with E-state index in [1.807, 2.05) is 60.8 Å². The summed E-state index contributed by atoms with van der Waals surface area (Å²) >= 11 is 6.00. The first-order valence-electron chi connectivity index (χ1n) is 8.51. The molecule has 4 nitrogen and oxygen atoms in total. The molecule has 0 saturated heterocycles. The van der Waals surface area contributed by atoms with Crippen molar-refractivity contribution in [3.63, 3.8) is 0 Å². The van der Waals surface area contributed by atoms with Gasteiger partial charge in [-0.3, -0.25) is 14.8 Å². The molecule has 5 heteroatoms. The highest BCUT2D eigenvalue weighted by Crippen LogP contribution is 2.29. The average molecular weight is 374 g/mol. The molecule has 4 rings (SSSR count). The van der Waals surface area contributed by atoms with Gasteiger partial charge >= 0.3 is 0 Å². The summed E-state index contributed by atoms with van der Waals surface area (Å²) in [6.45, 7) is 0.436. The lowest BCUT2D eigenvalue weighted by Crippen LogP contribution is -2.22. The molecule has 0 spiro atoms. The van der Waals surface area contributed by atoms with Crippen LogP contribution in [0.3, 0.4) is 0 Å². The third-order valence-electron chi connectivity index (χ3n) is 4.35. The molecule has 4 aromatic rings. The quantitative estimate of drug-likeness (QED) is 0.554. The Balaban J connectivity index is 1.65. The second-order valence-electron chi connectivity index (χ2n) is 6.17. The second-order valence-corrected chi connectivity index (χ2v) is 6.61. The van der Waals surface area contributed by atoms with Gasteiger partial charge in [0.1, 0.15) is 0 Å². The molecule has 1 N–H and O–H groups in total. The minimum absolute atomic E-state index is 0.125. The molecular formula is C22H16ClN3O. The van der Waals surface area contributed by atoms with Gasteiger partial charge in [0.2, 0.25) is 0 Å². The molecule has 0 aliphatic carbocycles. The smallest absolute Gasteiger partial charge is 0.251 e. The zero-order valence-electron chi connectivity index (χ0n) is 14.4. The molecule has 0 aliphatic rings. The van der Waals surface area contributed by atoms with E-state index < -0.39 is 0 Å². The van der Waals surface area contributed by atoms with E-state index in [2.05, 4.69) is 15.3 Å². The molecule has 0 radical (unpaired) electrons. The van der Waals surface area contributed by atoms with Crippen LogP contribution in [0.15, 0.2) is 79.4 Å². The van der Waals surface area contributed by atoms with Crippen LogP contribution in [0.4, 0.5) is 0 Å². The highest BCUT2D eigenvalue weighted by atomic mass is 35.5. The van der Waals surface area contributed by atoms with Gasteiger partial charge in [-0.1, -0.05) is 35.9 Å². The average Bonchev–Trinajstić information content (AvgIpc) is 2.72. The summed E-state index contributed by atoms with van der Waals surface area (Å²) in [6.07, 6.45) is 7.06. The highest BCUT2D eigenvalue weighted by molar-refractivity contribution is 6.30. The van der Waals surface area contributed by atoms with Crippen LogP contribution in [0, 0.1) is 0 Å². The van der Waals surface area contributed by atoms with Gasteiger partial charge < -0.3 is 5.32 Å². The van der Waals surface area contributed by atoms with Crippen LogP contribution in [-0.2, 0) is 6.54 Å². The van der Waals surface area contributed by atoms with E-state index in [1.54, 1.807) is 18.6 Å². The van der Waals surface area contributed by atoms with Crippen molar-refractivity contribution in [1.82, 2.24) is 15.3 Å². The molecule has 1 amide bonds. The molecule has 0 unspecified atom stereocenters. The molecule has 0 aliphatic heterocycles. The number of fused-ring (bicyclic) bond motifs is 1. The Morgan fingerprint density at radius 1 is 0.963 bits per heavy atom. The van der Waals surface area contributed by atoms with Crippen LogP contribution in [0.5, 0.6) is 0 Å². The number of benzene rings is 2. The van der Waals surface area contributed by atoms with E-state index in [9.17, 15) is 4.79 Å². The summed E-state index contributed by atoms with van der Waals surface area (Å²) in [5, 5.41) is 5.57. The third kappa shape index (κ3) is 3.81. The van der Waals surface area contributed by atoms with Gasteiger partial charge in [-0.2, -0.15) is 0 Å². The van der Waals surface area contributed by atoms with Gasteiger partial charge in [0, 0.05) is 52.9 Å². The van der Waals surface area contributed by atoms with Crippen molar-refractivity contribution in [3.05, 3.63) is 95.5 Å². The Labute approximate surface area is 161 Å². The van der Waals surface area contributed by atoms with Gasteiger partial charge in [-0.05, 0) is 46.8 Å². The van der Waals surface area contributed by atoms with E-state index in [1.165, 1.54) is 0 Å². The Morgan fingerprint density at radius 3 is 2.59 bits per heavy atom. The summed E-state index contributed by atoms with van der Waals surface area (Å²) < 4.78 is 0. The first-order valence-corrected chi connectivity index (χ1v) is 8.89. The van der Waals surface area contributed by atoms with Crippen LogP contribution in [0.25, 0.3) is 21.9 Å². The summed E-state index contributed by atoms with van der Waals surface area (Å²) in [4.78, 5) is 21.0. The summed E-state index contributed by atoms with van der Waals surface area (Å²) in [5.41, 5.74) is 3.53. The second kappa shape index (κ2) is 7.56. The first kappa shape index (κ1) is 17.2. The first-order chi connectivity index (χ1) is 13.2. The predicted molar refractivity (Wildman–Crippen MR) is 108 cm³/mol. The SMILES string of the molecule is O=C(NCc1cccnc1)c1ccc2cncc(-c3ccc(Cl)cc3)c2c1. The minimum Gasteiger partial charge on any atom is -0.348 e. The van der Waals surface area contributed by atoms with Crippen LogP contribution >= 0.6 is 11.6 Å². The Bertz CT molecular complexity index is 1100. The molecule has 0 bridgehead atoms. The van der Waals surface area contributed by atoms with Crippen LogP contribution < -0.4 is 5.32 Å². The minimum atomic E-state index is -0.125. The van der Waals surface area contributed by atoms with Gasteiger partial charge in [-0.15, -0.1) is 0 Å². The predicted octanol–water partition coefficient (Wildman–Crippen LogP) is 4.88. The fourth-order valence-corrected chi connectivity index (χ4v) is 3.08. The normalized spacial score (nSPS) is 10.7. The number of hydrogen-bond donors (Lipinski definition) is 1. The Kier molecular flexibility index (Phi) is 4.81. The maximum absolute atomic E-state index is 12.6. The molecule has 2 heterocycles. The number of amides is 1. The summed E-state index contributed by atoms with van der Waals surface area (Å²) in [6, 6.07) is 17.0. The van der Waals surface area contributed by atoms with Gasteiger partial charge in [0.05, 0.1) is 0 Å². The van der Waals surface area contributed by atoms with E-state index >= 15 is 0 Å². The largest absolute Gasteiger partial charge is 0.348 e. The zero-order chi connectivity index (χ0) is 18.6. The number of nitrogens with one attached hydrogen (secondary N) is 1. The maximum atomic E-state index is 12.6. The fourth-order valence-electron chi connectivity index (χ4n) is 2.95. The lowest BCUT2D eigenvalue weighted by molar-refractivity contribution is 0.0951. The van der Waals surface area contributed by atoms with Crippen molar-refractivity contribution < 1.29 is 4.79 Å². The van der Waals surface area contributed by atoms with Crippen LogP contribution in [0.2, 0.25) is 5.02 Å². The van der Waals surface area contributed by atoms with Crippen LogP contribution in [0.1, 0.15) is 15.9 Å². The van der Waals surface area contributed by atoms with Crippen molar-refractivity contribution in [2.24, 2.45) is 0 Å². The molecule has 0 saturated carbocycles. The highest BCUT2D eigenvalue weighted by Gasteiger charge is 2.10. The monoisotopic (exact) mass is 373 g/mol. The van der Waals surface area contributed by atoms with Crippen molar-refractivity contribution in [3.8, 4) is 11.1 Å². The standard InChI is InChI=1S/C22H16ClN3O/c23-19-7-5-16(6-8-19)21-14-25-13-18-4-3-17(10-20(18)21)22(27)26-12-15-2-1-9-24-11-15/h1-11,13-14H,12H2,(H,26,27). The third-order valence-corrected chi connectivity index (χ3v) is 4.61. The van der Waals surface area contributed by atoms with E-state index in [4.69, 9.17) is 11.6 Å². The molecule has 0 fully saturated rings. The van der Waals surface area contributed by atoms with Gasteiger partial charge in [0.25, 0.3) is 5.91 Å². The van der Waals surface area contributed by atoms with Crippen LogP contribution in [-0.4, -0.2) is 15.9 Å². The summed E-state index contributed by atoms with van der Waals surface area (Å²) in [7, 11) is 0.